The fraction of sp³-hybridized carbons (Fsp3) is 0. The van der Waals surface area contributed by atoms with E-state index in [2.05, 4.69) is 91.3 Å². The molecular formula is C31H20N6. The second kappa shape index (κ2) is 7.63. The number of hydrogen-bond donors (Lipinski definition) is 0. The molecule has 0 bridgehead atoms. The van der Waals surface area contributed by atoms with Gasteiger partial charge in [0, 0.05) is 17.3 Å². The van der Waals surface area contributed by atoms with Crippen molar-refractivity contribution >= 4 is 38.9 Å². The van der Waals surface area contributed by atoms with Crippen molar-refractivity contribution in [3.05, 3.63) is 122 Å². The molecule has 8 rings (SSSR count). The maximum absolute atomic E-state index is 5.10. The Hall–Kier alpha value is -5.23. The third-order valence-electron chi connectivity index (χ3n) is 6.95. The third kappa shape index (κ3) is 2.84. The number of hydrogen-bond acceptors (Lipinski definition) is 3. The molecule has 6 heteroatoms. The molecular weight excluding hydrogens is 456 g/mol. The summed E-state index contributed by atoms with van der Waals surface area (Å²) in [5.41, 5.74) is 9.07. The SMILES string of the molecule is c1ccc(-n2c3ccccc3c3c2n(-c2ccc(-c4ccccn4)nc2)c2nc4ccccc4n32)cc1. The largest absolute Gasteiger partial charge is 0.294 e. The lowest BCUT2D eigenvalue weighted by atomic mass is 10.2. The van der Waals surface area contributed by atoms with Crippen LogP contribution in [0.15, 0.2) is 122 Å². The molecule has 0 N–H and O–H groups in total. The first-order valence-corrected chi connectivity index (χ1v) is 12.2. The molecule has 0 aliphatic carbocycles. The lowest BCUT2D eigenvalue weighted by Gasteiger charge is -2.11. The van der Waals surface area contributed by atoms with Crippen molar-refractivity contribution in [2.24, 2.45) is 0 Å². The second-order valence-electron chi connectivity index (χ2n) is 9.05. The van der Waals surface area contributed by atoms with Crippen LogP contribution in [0, 0.1) is 0 Å². The average Bonchev–Trinajstić information content (AvgIpc) is 3.60. The quantitative estimate of drug-likeness (QED) is 0.281. The Morgan fingerprint density at radius 2 is 1.30 bits per heavy atom. The van der Waals surface area contributed by atoms with Crippen molar-refractivity contribution in [3.8, 4) is 22.8 Å². The number of rotatable bonds is 3. The van der Waals surface area contributed by atoms with E-state index in [1.165, 1.54) is 5.39 Å². The van der Waals surface area contributed by atoms with E-state index in [-0.39, 0.29) is 0 Å². The van der Waals surface area contributed by atoms with E-state index in [4.69, 9.17) is 9.97 Å². The molecule has 0 radical (unpaired) electrons. The first kappa shape index (κ1) is 20.0. The molecule has 5 aromatic heterocycles. The molecule has 0 saturated heterocycles. The summed E-state index contributed by atoms with van der Waals surface area (Å²) < 4.78 is 6.82. The Labute approximate surface area is 211 Å². The van der Waals surface area contributed by atoms with Gasteiger partial charge in [-0.2, -0.15) is 0 Å². The molecule has 0 aliphatic heterocycles. The van der Waals surface area contributed by atoms with Gasteiger partial charge in [-0.3, -0.25) is 23.5 Å². The molecule has 3 aromatic carbocycles. The van der Waals surface area contributed by atoms with Crippen LogP contribution < -0.4 is 0 Å². The van der Waals surface area contributed by atoms with Crippen LogP contribution in [-0.2, 0) is 0 Å². The van der Waals surface area contributed by atoms with Gasteiger partial charge in [0.15, 0.2) is 5.65 Å². The molecule has 0 fully saturated rings. The van der Waals surface area contributed by atoms with Crippen molar-refractivity contribution in [3.63, 3.8) is 0 Å². The summed E-state index contributed by atoms with van der Waals surface area (Å²) in [6.07, 6.45) is 3.70. The summed E-state index contributed by atoms with van der Waals surface area (Å²) in [5, 5.41) is 1.17. The maximum atomic E-state index is 5.10. The van der Waals surface area contributed by atoms with E-state index >= 15 is 0 Å². The van der Waals surface area contributed by atoms with Gasteiger partial charge in [0.25, 0.3) is 0 Å². The molecule has 0 aliphatic rings. The third-order valence-corrected chi connectivity index (χ3v) is 6.95. The maximum Gasteiger partial charge on any atom is 0.221 e. The number of imidazole rings is 2. The summed E-state index contributed by atoms with van der Waals surface area (Å²) in [7, 11) is 0. The lowest BCUT2D eigenvalue weighted by Crippen LogP contribution is -2.03. The molecule has 37 heavy (non-hydrogen) atoms. The zero-order valence-corrected chi connectivity index (χ0v) is 19.7. The van der Waals surface area contributed by atoms with Crippen LogP contribution in [-0.4, -0.2) is 28.5 Å². The summed E-state index contributed by atoms with van der Waals surface area (Å²) in [6, 6.07) is 37.4. The normalized spacial score (nSPS) is 11.8. The van der Waals surface area contributed by atoms with Crippen molar-refractivity contribution < 1.29 is 0 Å². The Morgan fingerprint density at radius 3 is 2.11 bits per heavy atom. The van der Waals surface area contributed by atoms with E-state index in [9.17, 15) is 0 Å². The van der Waals surface area contributed by atoms with Crippen LogP contribution in [0.5, 0.6) is 0 Å². The van der Waals surface area contributed by atoms with Gasteiger partial charge in [0.1, 0.15) is 5.52 Å². The summed E-state index contributed by atoms with van der Waals surface area (Å²) in [5.74, 6) is 0.856. The first-order chi connectivity index (χ1) is 18.4. The monoisotopic (exact) mass is 476 g/mol. The Kier molecular flexibility index (Phi) is 4.13. The lowest BCUT2D eigenvalue weighted by molar-refractivity contribution is 1.03. The molecule has 0 spiro atoms. The van der Waals surface area contributed by atoms with Crippen molar-refractivity contribution in [1.29, 1.82) is 0 Å². The van der Waals surface area contributed by atoms with Crippen LogP contribution in [0.4, 0.5) is 0 Å². The molecule has 174 valence electrons. The van der Waals surface area contributed by atoms with E-state index < -0.39 is 0 Å². The number of fused-ring (bicyclic) bond motifs is 7. The minimum Gasteiger partial charge on any atom is -0.294 e. The Morgan fingerprint density at radius 1 is 0.541 bits per heavy atom. The van der Waals surface area contributed by atoms with Crippen LogP contribution >= 0.6 is 0 Å². The number of pyridine rings is 2. The summed E-state index contributed by atoms with van der Waals surface area (Å²) >= 11 is 0. The van der Waals surface area contributed by atoms with Crippen molar-refractivity contribution in [2.45, 2.75) is 0 Å². The number of aromatic nitrogens is 6. The van der Waals surface area contributed by atoms with Crippen molar-refractivity contribution in [1.82, 2.24) is 28.5 Å². The highest BCUT2D eigenvalue weighted by molar-refractivity contribution is 6.10. The first-order valence-electron chi connectivity index (χ1n) is 12.2. The number of benzene rings is 3. The molecule has 0 unspecified atom stereocenters. The van der Waals surface area contributed by atoms with Gasteiger partial charge in [0.2, 0.25) is 5.78 Å². The smallest absolute Gasteiger partial charge is 0.221 e. The van der Waals surface area contributed by atoms with Crippen LogP contribution in [0.25, 0.3) is 61.6 Å². The molecule has 8 aromatic rings. The van der Waals surface area contributed by atoms with Crippen LogP contribution in [0.2, 0.25) is 0 Å². The average molecular weight is 477 g/mol. The van der Waals surface area contributed by atoms with Gasteiger partial charge < -0.3 is 0 Å². The minimum atomic E-state index is 0.834. The highest BCUT2D eigenvalue weighted by Crippen LogP contribution is 2.37. The molecule has 0 atom stereocenters. The van der Waals surface area contributed by atoms with E-state index in [1.807, 2.05) is 42.6 Å². The Bertz CT molecular complexity index is 2060. The summed E-state index contributed by atoms with van der Waals surface area (Å²) in [4.78, 5) is 14.4. The number of nitrogens with zero attached hydrogens (tertiary/aromatic N) is 6. The van der Waals surface area contributed by atoms with Gasteiger partial charge in [-0.05, 0) is 54.6 Å². The van der Waals surface area contributed by atoms with E-state index in [0.29, 0.717) is 0 Å². The van der Waals surface area contributed by atoms with Gasteiger partial charge in [0.05, 0.1) is 39.8 Å². The molecule has 0 saturated carbocycles. The topological polar surface area (TPSA) is 52.9 Å². The standard InChI is InChI=1S/C31H20N6/c1-2-10-21(11-3-1)35-27-15-6-4-12-23(27)29-30(35)36(31-34-26-14-5-7-16-28(26)37(29)31)22-17-18-25(33-20-22)24-13-8-9-19-32-24/h1-20H. The van der Waals surface area contributed by atoms with Gasteiger partial charge in [-0.1, -0.05) is 54.6 Å². The molecule has 5 heterocycles. The van der Waals surface area contributed by atoms with Crippen LogP contribution in [0.3, 0.4) is 0 Å². The van der Waals surface area contributed by atoms with Crippen LogP contribution in [0.1, 0.15) is 0 Å². The number of para-hydroxylation sites is 4. The Balaban J connectivity index is 1.53. The molecule has 6 nitrogen and oxygen atoms in total. The second-order valence-corrected chi connectivity index (χ2v) is 9.05. The summed E-state index contributed by atoms with van der Waals surface area (Å²) in [6.45, 7) is 0. The predicted molar refractivity (Wildman–Crippen MR) is 147 cm³/mol. The van der Waals surface area contributed by atoms with Gasteiger partial charge in [-0.15, -0.1) is 0 Å². The molecule has 0 amide bonds. The highest BCUT2D eigenvalue weighted by Gasteiger charge is 2.24. The minimum absolute atomic E-state index is 0.834. The van der Waals surface area contributed by atoms with Gasteiger partial charge >= 0.3 is 0 Å². The zero-order valence-electron chi connectivity index (χ0n) is 19.7. The van der Waals surface area contributed by atoms with Gasteiger partial charge in [-0.25, -0.2) is 4.98 Å². The fourth-order valence-electron chi connectivity index (χ4n) is 5.37. The fourth-order valence-corrected chi connectivity index (χ4v) is 5.37. The van der Waals surface area contributed by atoms with E-state index in [0.717, 1.165) is 56.3 Å². The zero-order chi connectivity index (χ0) is 24.3. The van der Waals surface area contributed by atoms with E-state index in [1.54, 1.807) is 6.20 Å². The highest BCUT2D eigenvalue weighted by atomic mass is 15.3. The van der Waals surface area contributed by atoms with Crippen molar-refractivity contribution in [2.75, 3.05) is 0 Å². The predicted octanol–water partition coefficient (Wildman–Crippen LogP) is 6.83.